The zero-order valence-electron chi connectivity index (χ0n) is 13.0. The van der Waals surface area contributed by atoms with Gasteiger partial charge in [-0.25, -0.2) is 0 Å². The molecule has 0 fully saturated rings. The van der Waals surface area contributed by atoms with Crippen LogP contribution in [0.3, 0.4) is 0 Å². The maximum Gasteiger partial charge on any atom is 0.433 e. The predicted molar refractivity (Wildman–Crippen MR) is 103 cm³/mol. The fourth-order valence-electron chi connectivity index (χ4n) is 2.22. The SMILES string of the molecule is O=[N+]([O-])c1ccc(C=NNP(=S)(c2ccccc2)c2ccccc2)o1. The van der Waals surface area contributed by atoms with Gasteiger partial charge in [0.2, 0.25) is 0 Å². The zero-order valence-corrected chi connectivity index (χ0v) is 14.7. The Kier molecular flexibility index (Phi) is 5.07. The van der Waals surface area contributed by atoms with Crippen molar-refractivity contribution in [2.45, 2.75) is 0 Å². The fraction of sp³-hybridized carbons (Fsp3) is 0. The highest BCUT2D eigenvalue weighted by molar-refractivity contribution is 8.20. The Labute approximate surface area is 149 Å². The van der Waals surface area contributed by atoms with Crippen LogP contribution in [0.1, 0.15) is 5.76 Å². The topological polar surface area (TPSA) is 80.7 Å². The number of hydrogen-bond acceptors (Lipinski definition) is 5. The third-order valence-corrected chi connectivity index (χ3v) is 7.38. The number of furan rings is 1. The third kappa shape index (κ3) is 3.84. The van der Waals surface area contributed by atoms with Gasteiger partial charge in [0.25, 0.3) is 0 Å². The smallest absolute Gasteiger partial charge is 0.400 e. The number of nitrogens with one attached hydrogen (secondary N) is 1. The summed E-state index contributed by atoms with van der Waals surface area (Å²) in [7, 11) is 0. The molecule has 2 aromatic carbocycles. The van der Waals surface area contributed by atoms with Crippen LogP contribution >= 0.6 is 6.19 Å². The van der Waals surface area contributed by atoms with Gasteiger partial charge >= 0.3 is 5.88 Å². The lowest BCUT2D eigenvalue weighted by Gasteiger charge is -2.22. The number of nitrogens with zero attached hydrogens (tertiary/aromatic N) is 2. The fourth-order valence-corrected chi connectivity index (χ4v) is 5.03. The highest BCUT2D eigenvalue weighted by Gasteiger charge is 2.21. The number of hydrogen-bond donors (Lipinski definition) is 1. The van der Waals surface area contributed by atoms with Crippen molar-refractivity contribution in [3.8, 4) is 0 Å². The lowest BCUT2D eigenvalue weighted by Crippen LogP contribution is -2.24. The van der Waals surface area contributed by atoms with Gasteiger partial charge in [0.1, 0.15) is 11.1 Å². The van der Waals surface area contributed by atoms with Gasteiger partial charge in [0, 0.05) is 10.6 Å². The number of benzene rings is 2. The van der Waals surface area contributed by atoms with Gasteiger partial charge < -0.3 is 4.42 Å². The summed E-state index contributed by atoms with van der Waals surface area (Å²) in [5, 5.41) is 19.9. The largest absolute Gasteiger partial charge is 0.433 e. The molecular weight excluding hydrogens is 357 g/mol. The molecule has 0 aliphatic rings. The minimum Gasteiger partial charge on any atom is -0.400 e. The summed E-state index contributed by atoms with van der Waals surface area (Å²) in [5.74, 6) is -0.0473. The van der Waals surface area contributed by atoms with Crippen molar-refractivity contribution < 1.29 is 9.34 Å². The molecule has 126 valence electrons. The molecule has 0 atom stereocenters. The molecule has 0 saturated heterocycles. The average Bonchev–Trinajstić information content (AvgIpc) is 3.12. The Balaban J connectivity index is 1.89. The van der Waals surface area contributed by atoms with Crippen LogP contribution in [0.4, 0.5) is 5.88 Å². The quantitative estimate of drug-likeness (QED) is 0.312. The minimum atomic E-state index is -2.36. The molecule has 1 aromatic heterocycles. The van der Waals surface area contributed by atoms with Crippen molar-refractivity contribution in [3.63, 3.8) is 0 Å². The van der Waals surface area contributed by atoms with E-state index in [0.717, 1.165) is 10.6 Å². The minimum absolute atomic E-state index is 0.280. The zero-order chi connectivity index (χ0) is 17.7. The number of nitro groups is 1. The number of rotatable bonds is 6. The van der Waals surface area contributed by atoms with Crippen LogP contribution in [0, 0.1) is 10.1 Å². The molecule has 25 heavy (non-hydrogen) atoms. The van der Waals surface area contributed by atoms with Gasteiger partial charge in [-0.05, 0) is 6.07 Å². The summed E-state index contributed by atoms with van der Waals surface area (Å²) in [6.45, 7) is 0. The molecule has 6 nitrogen and oxygen atoms in total. The van der Waals surface area contributed by atoms with Gasteiger partial charge in [0.05, 0.1) is 12.3 Å². The van der Waals surface area contributed by atoms with Crippen LogP contribution in [0.15, 0.2) is 82.3 Å². The van der Waals surface area contributed by atoms with Crippen LogP contribution in [-0.4, -0.2) is 11.1 Å². The van der Waals surface area contributed by atoms with E-state index in [-0.39, 0.29) is 11.6 Å². The van der Waals surface area contributed by atoms with Crippen LogP contribution in [0.2, 0.25) is 0 Å². The van der Waals surface area contributed by atoms with Crippen molar-refractivity contribution in [2.75, 3.05) is 0 Å². The first kappa shape index (κ1) is 17.1. The van der Waals surface area contributed by atoms with E-state index in [0.29, 0.717) is 0 Å². The summed E-state index contributed by atoms with van der Waals surface area (Å²) in [5.41, 5.74) is 0. The number of hydrazone groups is 1. The summed E-state index contributed by atoms with van der Waals surface area (Å²) in [6, 6.07) is 22.2. The summed E-state index contributed by atoms with van der Waals surface area (Å²) < 4.78 is 5.06. The predicted octanol–water partition coefficient (Wildman–Crippen LogP) is 3.16. The Hall–Kier alpha value is -2.76. The maximum absolute atomic E-state index is 10.7. The molecule has 0 aliphatic carbocycles. The maximum atomic E-state index is 10.7. The molecule has 3 rings (SSSR count). The molecule has 0 radical (unpaired) electrons. The second-order valence-electron chi connectivity index (χ2n) is 5.07. The third-order valence-electron chi connectivity index (χ3n) is 3.42. The molecule has 1 heterocycles. The molecule has 0 unspecified atom stereocenters. The van der Waals surface area contributed by atoms with Crippen LogP contribution in [0.5, 0.6) is 0 Å². The van der Waals surface area contributed by atoms with E-state index in [1.54, 1.807) is 0 Å². The molecule has 0 amide bonds. The van der Waals surface area contributed by atoms with Crippen LogP contribution in [-0.2, 0) is 11.8 Å². The van der Waals surface area contributed by atoms with Crippen molar-refractivity contribution in [1.82, 2.24) is 5.20 Å². The first-order valence-corrected chi connectivity index (χ1v) is 10.2. The van der Waals surface area contributed by atoms with E-state index in [1.165, 1.54) is 18.3 Å². The molecule has 0 spiro atoms. The lowest BCUT2D eigenvalue weighted by molar-refractivity contribution is -0.402. The molecule has 8 heteroatoms. The summed E-state index contributed by atoms with van der Waals surface area (Å²) in [6.07, 6.45) is -0.975. The van der Waals surface area contributed by atoms with E-state index >= 15 is 0 Å². The van der Waals surface area contributed by atoms with Crippen LogP contribution < -0.4 is 15.8 Å². The highest BCUT2D eigenvalue weighted by Crippen LogP contribution is 2.38. The first-order chi connectivity index (χ1) is 12.1. The van der Waals surface area contributed by atoms with E-state index in [2.05, 4.69) is 10.3 Å². The van der Waals surface area contributed by atoms with Crippen molar-refractivity contribution >= 4 is 40.7 Å². The van der Waals surface area contributed by atoms with E-state index < -0.39 is 11.1 Å². The average molecular weight is 371 g/mol. The van der Waals surface area contributed by atoms with E-state index in [9.17, 15) is 10.1 Å². The monoisotopic (exact) mass is 371 g/mol. The summed E-state index contributed by atoms with van der Waals surface area (Å²) >= 11 is 5.94. The normalized spacial score (nSPS) is 11.5. The molecule has 0 aliphatic heterocycles. The second-order valence-corrected chi connectivity index (χ2v) is 9.17. The molecule has 1 N–H and O–H groups in total. The van der Waals surface area contributed by atoms with Gasteiger partial charge in [-0.2, -0.15) is 5.10 Å². The Morgan fingerprint density at radius 1 is 1.00 bits per heavy atom. The van der Waals surface area contributed by atoms with Gasteiger partial charge in [-0.3, -0.25) is 15.3 Å². The molecule has 3 aromatic rings. The van der Waals surface area contributed by atoms with Gasteiger partial charge in [-0.1, -0.05) is 72.5 Å². The van der Waals surface area contributed by atoms with Gasteiger partial charge in [0.15, 0.2) is 5.76 Å². The van der Waals surface area contributed by atoms with Gasteiger partial charge in [-0.15, -0.1) is 0 Å². The molecule has 0 bridgehead atoms. The Morgan fingerprint density at radius 2 is 1.56 bits per heavy atom. The van der Waals surface area contributed by atoms with Crippen molar-refractivity contribution in [2.24, 2.45) is 5.10 Å². The Bertz CT molecular complexity index is 899. The summed E-state index contributed by atoms with van der Waals surface area (Å²) in [4.78, 5) is 10.1. The molecular formula is C17H14N3O3PS. The second kappa shape index (κ2) is 7.42. The lowest BCUT2D eigenvalue weighted by atomic mass is 10.4. The Morgan fingerprint density at radius 3 is 2.04 bits per heavy atom. The van der Waals surface area contributed by atoms with Crippen molar-refractivity contribution in [3.05, 3.63) is 88.7 Å². The molecule has 0 saturated carbocycles. The highest BCUT2D eigenvalue weighted by atomic mass is 32.4. The van der Waals surface area contributed by atoms with Crippen LogP contribution in [0.25, 0.3) is 0 Å². The van der Waals surface area contributed by atoms with Crippen molar-refractivity contribution in [1.29, 1.82) is 0 Å². The standard InChI is InChI=1S/C17H14N3O3PS/c21-20(22)17-12-11-14(23-17)13-18-19-24(25,15-7-3-1-4-8-15)16-9-5-2-6-10-16/h1-13H,(H,19,25). The van der Waals surface area contributed by atoms with E-state index in [4.69, 9.17) is 16.2 Å². The van der Waals surface area contributed by atoms with E-state index in [1.807, 2.05) is 60.7 Å². The first-order valence-electron chi connectivity index (χ1n) is 7.35.